The maximum absolute atomic E-state index is 11.8. The van der Waals surface area contributed by atoms with Gasteiger partial charge in [0.15, 0.2) is 5.78 Å². The third-order valence-electron chi connectivity index (χ3n) is 3.38. The van der Waals surface area contributed by atoms with Gasteiger partial charge in [0.2, 0.25) is 0 Å². The summed E-state index contributed by atoms with van der Waals surface area (Å²) < 4.78 is 9.51. The van der Waals surface area contributed by atoms with E-state index in [-0.39, 0.29) is 23.7 Å². The number of carbonyl (C=O) groups is 2. The van der Waals surface area contributed by atoms with Crippen molar-refractivity contribution in [1.29, 1.82) is 0 Å². The van der Waals surface area contributed by atoms with Crippen LogP contribution in [0.1, 0.15) is 61.6 Å². The van der Waals surface area contributed by atoms with Gasteiger partial charge in [-0.15, -0.1) is 0 Å². The number of aromatic hydroxyl groups is 1. The van der Waals surface area contributed by atoms with Crippen molar-refractivity contribution in [3.05, 3.63) is 27.8 Å². The first-order valence-corrected chi connectivity index (χ1v) is 7.41. The normalized spacial score (nSPS) is 12.3. The number of ether oxygens (including phenoxy) is 1. The van der Waals surface area contributed by atoms with E-state index in [1.165, 1.54) is 19.4 Å². The fourth-order valence-corrected chi connectivity index (χ4v) is 2.02. The number of hydrogen-bond acceptors (Lipinski definition) is 6. The Labute approximate surface area is 134 Å². The van der Waals surface area contributed by atoms with Crippen LogP contribution in [-0.4, -0.2) is 30.3 Å². The molecule has 0 aliphatic heterocycles. The molecule has 7 heteroatoms. The van der Waals surface area contributed by atoms with Gasteiger partial charge in [-0.05, 0) is 19.3 Å². The standard InChI is InChI=1S/C16H21NO6/c1-4-11(18)14-12(19)9-13(23-15(14)20)10(2)7-5-6-8-17-16(21)22-3/h8-10,19H,4-7H2,1-3H3. The number of amides is 1. The summed E-state index contributed by atoms with van der Waals surface area (Å²) in [7, 11) is 1.25. The lowest BCUT2D eigenvalue weighted by Crippen LogP contribution is -2.15. The molecule has 1 unspecified atom stereocenters. The molecular weight excluding hydrogens is 302 g/mol. The Morgan fingerprint density at radius 3 is 2.74 bits per heavy atom. The summed E-state index contributed by atoms with van der Waals surface area (Å²) in [4.78, 5) is 37.8. The first-order valence-electron chi connectivity index (χ1n) is 7.41. The average Bonchev–Trinajstić information content (AvgIpc) is 2.52. The van der Waals surface area contributed by atoms with E-state index in [1.807, 2.05) is 6.92 Å². The van der Waals surface area contributed by atoms with E-state index in [0.717, 1.165) is 0 Å². The molecule has 1 atom stereocenters. The van der Waals surface area contributed by atoms with E-state index < -0.39 is 17.5 Å². The van der Waals surface area contributed by atoms with Crippen LogP contribution in [-0.2, 0) is 4.74 Å². The van der Waals surface area contributed by atoms with Crippen LogP contribution < -0.4 is 5.63 Å². The highest BCUT2D eigenvalue weighted by molar-refractivity contribution is 5.97. The first kappa shape index (κ1) is 18.6. The second-order valence-corrected chi connectivity index (χ2v) is 5.09. The molecule has 0 bridgehead atoms. The molecule has 1 N–H and O–H groups in total. The molecule has 0 radical (unpaired) electrons. The van der Waals surface area contributed by atoms with E-state index in [1.54, 1.807) is 6.92 Å². The van der Waals surface area contributed by atoms with Gasteiger partial charge < -0.3 is 14.3 Å². The summed E-state index contributed by atoms with van der Waals surface area (Å²) >= 11 is 0. The van der Waals surface area contributed by atoms with E-state index >= 15 is 0 Å². The van der Waals surface area contributed by atoms with Gasteiger partial charge in [-0.2, -0.15) is 4.99 Å². The van der Waals surface area contributed by atoms with Gasteiger partial charge in [0.25, 0.3) is 0 Å². The van der Waals surface area contributed by atoms with Gasteiger partial charge in [-0.1, -0.05) is 13.8 Å². The fraction of sp³-hybridized carbons (Fsp3) is 0.500. The van der Waals surface area contributed by atoms with Crippen molar-refractivity contribution in [2.45, 2.75) is 45.4 Å². The van der Waals surface area contributed by atoms with E-state index in [2.05, 4.69) is 9.73 Å². The molecule has 0 spiro atoms. The van der Waals surface area contributed by atoms with Crippen molar-refractivity contribution >= 4 is 18.1 Å². The lowest BCUT2D eigenvalue weighted by Gasteiger charge is -2.10. The molecule has 1 rings (SSSR count). The summed E-state index contributed by atoms with van der Waals surface area (Å²) in [5.74, 6) is -0.590. The van der Waals surface area contributed by atoms with Crippen LogP contribution in [0.25, 0.3) is 0 Å². The highest BCUT2D eigenvalue weighted by atomic mass is 16.5. The van der Waals surface area contributed by atoms with Crippen molar-refractivity contribution in [3.8, 4) is 5.75 Å². The van der Waals surface area contributed by atoms with Crippen molar-refractivity contribution in [2.75, 3.05) is 7.11 Å². The molecule has 126 valence electrons. The quantitative estimate of drug-likeness (QED) is 0.469. The molecule has 23 heavy (non-hydrogen) atoms. The zero-order chi connectivity index (χ0) is 17.4. The topological polar surface area (TPSA) is 106 Å². The van der Waals surface area contributed by atoms with Gasteiger partial charge in [0.1, 0.15) is 17.1 Å². The Hall–Kier alpha value is -2.44. The van der Waals surface area contributed by atoms with Crippen LogP contribution in [0.4, 0.5) is 4.79 Å². The van der Waals surface area contributed by atoms with Crippen LogP contribution in [0, 0.1) is 0 Å². The number of unbranched alkanes of at least 4 members (excludes halogenated alkanes) is 1. The Kier molecular flexibility index (Phi) is 7.18. The smallest absolute Gasteiger partial charge is 0.432 e. The predicted molar refractivity (Wildman–Crippen MR) is 84.4 cm³/mol. The molecule has 1 amide bonds. The Balaban J connectivity index is 2.69. The molecule has 1 heterocycles. The third kappa shape index (κ3) is 5.36. The number of ketones is 1. The van der Waals surface area contributed by atoms with E-state index in [0.29, 0.717) is 25.0 Å². The van der Waals surface area contributed by atoms with Crippen LogP contribution in [0.15, 0.2) is 20.3 Å². The number of methoxy groups -OCH3 is 1. The zero-order valence-electron chi connectivity index (χ0n) is 13.5. The number of nitrogens with zero attached hydrogens (tertiary/aromatic N) is 1. The zero-order valence-corrected chi connectivity index (χ0v) is 13.5. The maximum Gasteiger partial charge on any atom is 0.432 e. The van der Waals surface area contributed by atoms with Gasteiger partial charge in [0.05, 0.1) is 7.11 Å². The third-order valence-corrected chi connectivity index (χ3v) is 3.38. The van der Waals surface area contributed by atoms with Crippen molar-refractivity contribution in [2.24, 2.45) is 4.99 Å². The largest absolute Gasteiger partial charge is 0.507 e. The lowest BCUT2D eigenvalue weighted by atomic mass is 10.00. The number of rotatable bonds is 7. The van der Waals surface area contributed by atoms with Crippen LogP contribution in [0.2, 0.25) is 0 Å². The summed E-state index contributed by atoms with van der Waals surface area (Å²) in [5, 5.41) is 9.87. The minimum absolute atomic E-state index is 0.118. The molecule has 0 fully saturated rings. The fourth-order valence-electron chi connectivity index (χ4n) is 2.02. The molecule has 0 saturated carbocycles. The van der Waals surface area contributed by atoms with Gasteiger partial charge in [0, 0.05) is 24.6 Å². The molecule has 0 saturated heterocycles. The van der Waals surface area contributed by atoms with Crippen LogP contribution in [0.5, 0.6) is 5.75 Å². The second kappa shape index (κ2) is 8.87. The minimum atomic E-state index is -0.814. The molecule has 1 aromatic heterocycles. The summed E-state index contributed by atoms with van der Waals surface area (Å²) in [6, 6.07) is 1.32. The molecule has 0 aliphatic rings. The maximum atomic E-state index is 11.8. The van der Waals surface area contributed by atoms with Crippen molar-refractivity contribution in [3.63, 3.8) is 0 Å². The predicted octanol–water partition coefficient (Wildman–Crippen LogP) is 3.05. The monoisotopic (exact) mass is 323 g/mol. The highest BCUT2D eigenvalue weighted by Gasteiger charge is 2.19. The Bertz CT molecular complexity index is 646. The van der Waals surface area contributed by atoms with Gasteiger partial charge in [-0.3, -0.25) is 4.79 Å². The Morgan fingerprint density at radius 1 is 1.48 bits per heavy atom. The number of carbonyl (C=O) groups excluding carboxylic acids is 2. The van der Waals surface area contributed by atoms with Gasteiger partial charge >= 0.3 is 11.7 Å². The van der Waals surface area contributed by atoms with E-state index in [9.17, 15) is 19.5 Å². The molecule has 7 nitrogen and oxygen atoms in total. The minimum Gasteiger partial charge on any atom is -0.507 e. The number of hydrogen-bond donors (Lipinski definition) is 1. The SMILES string of the molecule is CCC(=O)c1c(O)cc(C(C)CCCC=NC(=O)OC)oc1=O. The molecule has 0 aliphatic carbocycles. The number of Topliss-reactive ketones (excluding diaryl/α,β-unsaturated/α-hetero) is 1. The molecule has 1 aromatic rings. The Morgan fingerprint density at radius 2 is 2.17 bits per heavy atom. The average molecular weight is 323 g/mol. The van der Waals surface area contributed by atoms with Crippen molar-refractivity contribution in [1.82, 2.24) is 0 Å². The molecule has 0 aromatic carbocycles. The number of aliphatic imine (C=N–C) groups is 1. The summed E-state index contributed by atoms with van der Waals surface area (Å²) in [5.41, 5.74) is -1.11. The highest BCUT2D eigenvalue weighted by Crippen LogP contribution is 2.25. The molecular formula is C16H21NO6. The second-order valence-electron chi connectivity index (χ2n) is 5.09. The lowest BCUT2D eigenvalue weighted by molar-refractivity contribution is 0.0980. The van der Waals surface area contributed by atoms with Gasteiger partial charge in [-0.25, -0.2) is 9.59 Å². The first-order chi connectivity index (χ1) is 10.9. The van der Waals surface area contributed by atoms with E-state index in [4.69, 9.17) is 4.42 Å². The van der Waals surface area contributed by atoms with Crippen LogP contribution in [0.3, 0.4) is 0 Å². The summed E-state index contributed by atoms with van der Waals surface area (Å²) in [6.45, 7) is 3.45. The summed E-state index contributed by atoms with van der Waals surface area (Å²) in [6.07, 6.45) is 2.88. The van der Waals surface area contributed by atoms with Crippen molar-refractivity contribution < 1.29 is 23.8 Å². The van der Waals surface area contributed by atoms with Crippen LogP contribution >= 0.6 is 0 Å².